The van der Waals surface area contributed by atoms with Gasteiger partial charge in [-0.15, -0.1) is 0 Å². The van der Waals surface area contributed by atoms with E-state index in [4.69, 9.17) is 4.42 Å². The molecule has 16 heavy (non-hydrogen) atoms. The maximum atomic E-state index is 5.65. The minimum atomic E-state index is 0.562. The molecule has 0 aliphatic heterocycles. The molecule has 1 N–H and O–H groups in total. The van der Waals surface area contributed by atoms with Crippen LogP contribution in [0.15, 0.2) is 22.6 Å². The zero-order valence-corrected chi connectivity index (χ0v) is 10.1. The summed E-state index contributed by atoms with van der Waals surface area (Å²) >= 11 is 0. The average Bonchev–Trinajstić information content (AvgIpc) is 2.60. The van der Waals surface area contributed by atoms with Crippen molar-refractivity contribution in [1.29, 1.82) is 0 Å². The highest BCUT2D eigenvalue weighted by Gasteiger charge is 2.12. The predicted octanol–water partition coefficient (Wildman–Crippen LogP) is 3.31. The van der Waals surface area contributed by atoms with Gasteiger partial charge in [-0.3, -0.25) is 0 Å². The summed E-state index contributed by atoms with van der Waals surface area (Å²) in [6.07, 6.45) is 0. The van der Waals surface area contributed by atoms with Crippen molar-refractivity contribution in [2.45, 2.75) is 20.8 Å². The minimum Gasteiger partial charge on any atom is -0.423 e. The van der Waals surface area contributed by atoms with Gasteiger partial charge in [-0.1, -0.05) is 23.8 Å². The topological polar surface area (TPSA) is 38.1 Å². The molecule has 1 heterocycles. The van der Waals surface area contributed by atoms with E-state index in [1.54, 1.807) is 7.05 Å². The fraction of sp³-hybridized carbons (Fsp3) is 0.308. The number of rotatable bonds is 2. The van der Waals surface area contributed by atoms with Crippen molar-refractivity contribution in [2.75, 3.05) is 12.4 Å². The Labute approximate surface area is 95.5 Å². The molecule has 0 aliphatic rings. The van der Waals surface area contributed by atoms with Crippen LogP contribution in [0.1, 0.15) is 16.8 Å². The molecule has 84 valence electrons. The summed E-state index contributed by atoms with van der Waals surface area (Å²) in [5.74, 6) is 0.849. The van der Waals surface area contributed by atoms with E-state index >= 15 is 0 Å². The quantitative estimate of drug-likeness (QED) is 0.837. The first-order chi connectivity index (χ1) is 7.61. The maximum absolute atomic E-state index is 5.65. The number of nitrogens with one attached hydrogen (secondary N) is 1. The summed E-state index contributed by atoms with van der Waals surface area (Å²) in [6, 6.07) is 6.88. The first kappa shape index (κ1) is 10.7. The molecule has 0 atom stereocenters. The van der Waals surface area contributed by atoms with E-state index in [1.165, 1.54) is 11.1 Å². The van der Waals surface area contributed by atoms with Crippen LogP contribution < -0.4 is 5.32 Å². The van der Waals surface area contributed by atoms with Crippen molar-refractivity contribution in [2.24, 2.45) is 0 Å². The van der Waals surface area contributed by atoms with E-state index < -0.39 is 0 Å². The number of benzene rings is 1. The first-order valence-electron chi connectivity index (χ1n) is 5.34. The number of oxazole rings is 1. The molecule has 3 heteroatoms. The largest absolute Gasteiger partial charge is 0.423 e. The van der Waals surface area contributed by atoms with Gasteiger partial charge in [0.25, 0.3) is 6.01 Å². The van der Waals surface area contributed by atoms with Gasteiger partial charge >= 0.3 is 0 Å². The second kappa shape index (κ2) is 4.00. The first-order valence-corrected chi connectivity index (χ1v) is 5.34. The molecule has 1 aromatic carbocycles. The molecule has 0 spiro atoms. The van der Waals surface area contributed by atoms with Gasteiger partial charge in [0.2, 0.25) is 0 Å². The molecule has 0 amide bonds. The third-order valence-corrected chi connectivity index (χ3v) is 2.64. The van der Waals surface area contributed by atoms with Gasteiger partial charge in [0, 0.05) is 12.6 Å². The molecule has 2 aromatic rings. The van der Waals surface area contributed by atoms with Crippen molar-refractivity contribution in [1.82, 2.24) is 4.98 Å². The monoisotopic (exact) mass is 216 g/mol. The Morgan fingerprint density at radius 3 is 2.50 bits per heavy atom. The summed E-state index contributed by atoms with van der Waals surface area (Å²) < 4.78 is 5.65. The Balaban J connectivity index is 2.53. The average molecular weight is 216 g/mol. The number of aromatic nitrogens is 1. The van der Waals surface area contributed by atoms with Crippen molar-refractivity contribution in [3.8, 4) is 11.3 Å². The van der Waals surface area contributed by atoms with Gasteiger partial charge in [0.1, 0.15) is 0 Å². The zero-order valence-electron chi connectivity index (χ0n) is 10.1. The van der Waals surface area contributed by atoms with Gasteiger partial charge < -0.3 is 9.73 Å². The molecule has 0 radical (unpaired) electrons. The van der Waals surface area contributed by atoms with Crippen LogP contribution in [0.25, 0.3) is 11.3 Å². The molecule has 0 saturated carbocycles. The molecule has 0 saturated heterocycles. The van der Waals surface area contributed by atoms with Crippen molar-refractivity contribution >= 4 is 6.01 Å². The molecule has 3 nitrogen and oxygen atoms in total. The summed E-state index contributed by atoms with van der Waals surface area (Å²) in [6.45, 7) is 6.13. The number of anilines is 1. The van der Waals surface area contributed by atoms with Crippen LogP contribution in [-0.4, -0.2) is 12.0 Å². The van der Waals surface area contributed by atoms with Gasteiger partial charge in [-0.05, 0) is 26.3 Å². The number of nitrogens with zero attached hydrogens (tertiary/aromatic N) is 1. The van der Waals surface area contributed by atoms with E-state index in [9.17, 15) is 0 Å². The molecule has 0 bridgehead atoms. The second-order valence-electron chi connectivity index (χ2n) is 4.00. The Morgan fingerprint density at radius 2 is 1.94 bits per heavy atom. The standard InChI is InChI=1S/C13H16N2O/c1-8-5-6-11(9(2)7-8)12-10(3)15-13(14-4)16-12/h5-7H,1-4H3,(H,14,15). The number of hydrogen-bond donors (Lipinski definition) is 1. The molecular weight excluding hydrogens is 200 g/mol. The van der Waals surface area contributed by atoms with Crippen molar-refractivity contribution in [3.05, 3.63) is 35.0 Å². The molecule has 0 unspecified atom stereocenters. The molecule has 2 rings (SSSR count). The van der Waals surface area contributed by atoms with Crippen molar-refractivity contribution < 1.29 is 4.42 Å². The van der Waals surface area contributed by atoms with Crippen LogP contribution >= 0.6 is 0 Å². The Bertz CT molecular complexity index is 515. The second-order valence-corrected chi connectivity index (χ2v) is 4.00. The van der Waals surface area contributed by atoms with E-state index in [0.29, 0.717) is 6.01 Å². The highest BCUT2D eigenvalue weighted by atomic mass is 16.4. The normalized spacial score (nSPS) is 10.5. The van der Waals surface area contributed by atoms with E-state index in [0.717, 1.165) is 17.0 Å². The third-order valence-electron chi connectivity index (χ3n) is 2.64. The SMILES string of the molecule is CNc1nc(C)c(-c2ccc(C)cc2C)o1. The highest BCUT2D eigenvalue weighted by Crippen LogP contribution is 2.29. The number of aryl methyl sites for hydroxylation is 3. The van der Waals surface area contributed by atoms with Crippen LogP contribution in [0.2, 0.25) is 0 Å². The van der Waals surface area contributed by atoms with Crippen LogP contribution in [0, 0.1) is 20.8 Å². The highest BCUT2D eigenvalue weighted by molar-refractivity contribution is 5.65. The van der Waals surface area contributed by atoms with Gasteiger partial charge in [0.05, 0.1) is 5.69 Å². The smallest absolute Gasteiger partial charge is 0.295 e. The lowest BCUT2D eigenvalue weighted by molar-refractivity contribution is 0.588. The maximum Gasteiger partial charge on any atom is 0.295 e. The molecular formula is C13H16N2O. The van der Waals surface area contributed by atoms with E-state index in [-0.39, 0.29) is 0 Å². The summed E-state index contributed by atoms with van der Waals surface area (Å²) in [7, 11) is 1.80. The molecule has 1 aromatic heterocycles. The van der Waals surface area contributed by atoms with E-state index in [2.05, 4.69) is 42.3 Å². The molecule has 0 aliphatic carbocycles. The summed E-state index contributed by atoms with van der Waals surface area (Å²) in [4.78, 5) is 4.29. The Kier molecular flexibility index (Phi) is 2.69. The summed E-state index contributed by atoms with van der Waals surface area (Å²) in [5.41, 5.74) is 4.49. The van der Waals surface area contributed by atoms with Crippen LogP contribution in [-0.2, 0) is 0 Å². The van der Waals surface area contributed by atoms with Crippen LogP contribution in [0.3, 0.4) is 0 Å². The lowest BCUT2D eigenvalue weighted by Crippen LogP contribution is -1.85. The van der Waals surface area contributed by atoms with Gasteiger partial charge in [-0.2, -0.15) is 4.98 Å². The third kappa shape index (κ3) is 1.81. The minimum absolute atomic E-state index is 0.562. The predicted molar refractivity (Wildman–Crippen MR) is 65.7 cm³/mol. The van der Waals surface area contributed by atoms with E-state index in [1.807, 2.05) is 6.92 Å². The lowest BCUT2D eigenvalue weighted by Gasteiger charge is -2.04. The van der Waals surface area contributed by atoms with Crippen LogP contribution in [0.5, 0.6) is 0 Å². The fourth-order valence-corrected chi connectivity index (χ4v) is 1.82. The Morgan fingerprint density at radius 1 is 1.19 bits per heavy atom. The zero-order chi connectivity index (χ0) is 11.7. The van der Waals surface area contributed by atoms with Crippen LogP contribution in [0.4, 0.5) is 6.01 Å². The lowest BCUT2D eigenvalue weighted by atomic mass is 10.0. The Hall–Kier alpha value is -1.77. The van der Waals surface area contributed by atoms with Gasteiger partial charge in [-0.25, -0.2) is 0 Å². The fourth-order valence-electron chi connectivity index (χ4n) is 1.82. The number of hydrogen-bond acceptors (Lipinski definition) is 3. The van der Waals surface area contributed by atoms with Gasteiger partial charge in [0.15, 0.2) is 5.76 Å². The van der Waals surface area contributed by atoms with Crippen molar-refractivity contribution in [3.63, 3.8) is 0 Å². The summed E-state index contributed by atoms with van der Waals surface area (Å²) in [5, 5.41) is 2.91. The molecule has 0 fully saturated rings.